The van der Waals surface area contributed by atoms with Crippen LogP contribution in [0.1, 0.15) is 11.3 Å². The molecule has 0 amide bonds. The lowest BCUT2D eigenvalue weighted by Gasteiger charge is -2.25. The molecule has 144 valence electrons. The molecule has 0 unspecified atom stereocenters. The summed E-state index contributed by atoms with van der Waals surface area (Å²) in [5.74, 6) is -0.381. The number of ether oxygens (including phenoxy) is 2. The molecule has 27 heavy (non-hydrogen) atoms. The minimum Gasteiger partial charge on any atom is -0.486 e. The molecule has 1 aliphatic rings. The van der Waals surface area contributed by atoms with Gasteiger partial charge < -0.3 is 24.9 Å². The normalized spacial score (nSPS) is 14.1. The van der Waals surface area contributed by atoms with Crippen molar-refractivity contribution in [1.82, 2.24) is 9.13 Å². The van der Waals surface area contributed by atoms with Crippen LogP contribution in [-0.2, 0) is 25.3 Å². The second-order valence-corrected chi connectivity index (χ2v) is 6.44. The van der Waals surface area contributed by atoms with Gasteiger partial charge in [-0.3, -0.25) is 14.2 Å². The highest BCUT2D eigenvalue weighted by Gasteiger charge is 2.26. The van der Waals surface area contributed by atoms with Crippen LogP contribution in [0.2, 0.25) is 0 Å². The van der Waals surface area contributed by atoms with Crippen molar-refractivity contribution in [3.8, 4) is 22.6 Å². The van der Waals surface area contributed by atoms with Gasteiger partial charge in [-0.05, 0) is 13.0 Å². The van der Waals surface area contributed by atoms with E-state index in [0.717, 1.165) is 4.57 Å². The summed E-state index contributed by atoms with van der Waals surface area (Å²) in [6.45, 7) is 2.28. The summed E-state index contributed by atoms with van der Waals surface area (Å²) in [7, 11) is 3.00. The molecule has 0 aliphatic carbocycles. The molecule has 0 fully saturated rings. The number of nitrogens with two attached hydrogens (primary N) is 1. The van der Waals surface area contributed by atoms with Crippen LogP contribution in [0, 0.1) is 6.92 Å². The molecule has 0 saturated heterocycles. The molecule has 0 bridgehead atoms. The van der Waals surface area contributed by atoms with Gasteiger partial charge in [0.05, 0.1) is 5.56 Å². The number of aliphatic carboxylic acids is 1. The van der Waals surface area contributed by atoms with E-state index in [1.54, 1.807) is 26.1 Å². The summed E-state index contributed by atoms with van der Waals surface area (Å²) in [6, 6.07) is 2.26. The Morgan fingerprint density at radius 1 is 1.19 bits per heavy atom. The topological polar surface area (TPSA) is 126 Å². The third-order valence-corrected chi connectivity index (χ3v) is 4.75. The molecule has 2 heterocycles. The van der Waals surface area contributed by atoms with E-state index in [1.165, 1.54) is 11.6 Å². The summed E-state index contributed by atoms with van der Waals surface area (Å²) >= 11 is 0. The van der Waals surface area contributed by atoms with Crippen LogP contribution in [0.3, 0.4) is 0 Å². The largest absolute Gasteiger partial charge is 0.486 e. The molecule has 1 aromatic heterocycles. The van der Waals surface area contributed by atoms with Crippen LogP contribution in [0.15, 0.2) is 21.7 Å². The third-order valence-electron chi connectivity index (χ3n) is 4.75. The number of fused-ring (bicyclic) bond motifs is 1. The molecular formula is C18H21N3O6. The number of aromatic nitrogens is 2. The quantitative estimate of drug-likeness (QED) is 0.757. The Balaban J connectivity index is 2.24. The van der Waals surface area contributed by atoms with Gasteiger partial charge in [-0.1, -0.05) is 6.07 Å². The second-order valence-electron chi connectivity index (χ2n) is 6.44. The molecule has 1 aromatic carbocycles. The van der Waals surface area contributed by atoms with E-state index in [-0.39, 0.29) is 6.42 Å². The Morgan fingerprint density at radius 3 is 2.44 bits per heavy atom. The van der Waals surface area contributed by atoms with Gasteiger partial charge >= 0.3 is 11.7 Å². The van der Waals surface area contributed by atoms with Gasteiger partial charge in [-0.15, -0.1) is 0 Å². The average molecular weight is 375 g/mol. The van der Waals surface area contributed by atoms with Crippen LogP contribution in [0.5, 0.6) is 11.5 Å². The molecule has 9 nitrogen and oxygen atoms in total. The predicted molar refractivity (Wildman–Crippen MR) is 97.4 cm³/mol. The van der Waals surface area contributed by atoms with Crippen LogP contribution < -0.4 is 26.5 Å². The van der Waals surface area contributed by atoms with Crippen molar-refractivity contribution in [2.75, 3.05) is 13.2 Å². The highest BCUT2D eigenvalue weighted by Crippen LogP contribution is 2.42. The van der Waals surface area contributed by atoms with Crippen LogP contribution in [0.4, 0.5) is 0 Å². The second kappa shape index (κ2) is 6.92. The molecule has 3 rings (SSSR count). The van der Waals surface area contributed by atoms with Gasteiger partial charge in [0.2, 0.25) is 0 Å². The lowest BCUT2D eigenvalue weighted by atomic mass is 9.97. The first-order valence-corrected chi connectivity index (χ1v) is 8.40. The molecule has 1 aliphatic heterocycles. The maximum atomic E-state index is 12.8. The fourth-order valence-electron chi connectivity index (χ4n) is 3.13. The Kier molecular flexibility index (Phi) is 4.79. The number of benzene rings is 1. The van der Waals surface area contributed by atoms with Gasteiger partial charge in [-0.2, -0.15) is 0 Å². The Labute approximate surface area is 154 Å². The number of rotatable bonds is 4. The number of nitrogens with zero attached hydrogens (tertiary/aromatic N) is 2. The summed E-state index contributed by atoms with van der Waals surface area (Å²) in [4.78, 5) is 36.0. The van der Waals surface area contributed by atoms with Crippen LogP contribution in [-0.4, -0.2) is 39.5 Å². The highest BCUT2D eigenvalue weighted by molar-refractivity contribution is 5.78. The van der Waals surface area contributed by atoms with Crippen molar-refractivity contribution in [2.45, 2.75) is 19.4 Å². The molecule has 0 spiro atoms. The lowest BCUT2D eigenvalue weighted by Crippen LogP contribution is -2.39. The number of hydrogen-bond acceptors (Lipinski definition) is 6. The van der Waals surface area contributed by atoms with E-state index in [4.69, 9.17) is 20.3 Å². The van der Waals surface area contributed by atoms with E-state index in [0.29, 0.717) is 47.1 Å². The van der Waals surface area contributed by atoms with Crippen molar-refractivity contribution in [1.29, 1.82) is 0 Å². The fourth-order valence-corrected chi connectivity index (χ4v) is 3.13. The third kappa shape index (κ3) is 3.10. The first-order chi connectivity index (χ1) is 12.7. The summed E-state index contributed by atoms with van der Waals surface area (Å²) < 4.78 is 13.9. The number of hydrogen-bond donors (Lipinski definition) is 2. The minimum absolute atomic E-state index is 0.0611. The maximum absolute atomic E-state index is 12.8. The van der Waals surface area contributed by atoms with Gasteiger partial charge in [0.1, 0.15) is 19.3 Å². The molecule has 1 atom stereocenters. The van der Waals surface area contributed by atoms with Gasteiger partial charge in [-0.25, -0.2) is 4.79 Å². The zero-order chi connectivity index (χ0) is 19.9. The minimum atomic E-state index is -1.12. The smallest absolute Gasteiger partial charge is 0.330 e. The van der Waals surface area contributed by atoms with E-state index >= 15 is 0 Å². The molecule has 0 radical (unpaired) electrons. The monoisotopic (exact) mass is 375 g/mol. The van der Waals surface area contributed by atoms with Crippen molar-refractivity contribution < 1.29 is 19.4 Å². The standard InChI is InChI=1S/C18H21N3O6/c1-9-13(16(22)21(3)18(25)20(9)2)11-5-4-10(8-12(19)17(23)24)14-15(11)27-7-6-26-14/h4-5,12H,6-8,19H2,1-3H3,(H,23,24)/t12-/m0/s1. The molecule has 9 heteroatoms. The summed E-state index contributed by atoms with van der Waals surface area (Å²) in [6.07, 6.45) is 0.0611. The number of carboxylic acids is 1. The van der Waals surface area contributed by atoms with E-state index in [1.807, 2.05) is 0 Å². The van der Waals surface area contributed by atoms with Crippen molar-refractivity contribution in [3.63, 3.8) is 0 Å². The summed E-state index contributed by atoms with van der Waals surface area (Å²) in [5.41, 5.74) is 6.69. The summed E-state index contributed by atoms with van der Waals surface area (Å²) in [5, 5.41) is 9.07. The number of carboxylic acid groups (broad SMARTS) is 1. The Morgan fingerprint density at radius 2 is 1.81 bits per heavy atom. The molecule has 2 aromatic rings. The van der Waals surface area contributed by atoms with Crippen LogP contribution >= 0.6 is 0 Å². The number of carbonyl (C=O) groups is 1. The predicted octanol–water partition coefficient (Wildman–Crippen LogP) is -0.215. The molecule has 3 N–H and O–H groups in total. The first kappa shape index (κ1) is 18.7. The van der Waals surface area contributed by atoms with E-state index < -0.39 is 23.3 Å². The SMILES string of the molecule is Cc1c(-c2ccc(C[C@H](N)C(=O)O)c3c2OCCO3)c(=O)n(C)c(=O)n1C. The molecule has 0 saturated carbocycles. The molecular weight excluding hydrogens is 354 g/mol. The zero-order valence-electron chi connectivity index (χ0n) is 15.3. The van der Waals surface area contributed by atoms with Gasteiger partial charge in [0, 0.05) is 37.3 Å². The van der Waals surface area contributed by atoms with E-state index in [2.05, 4.69) is 0 Å². The Hall–Kier alpha value is -3.07. The van der Waals surface area contributed by atoms with E-state index in [9.17, 15) is 14.4 Å². The average Bonchev–Trinajstić information content (AvgIpc) is 2.66. The highest BCUT2D eigenvalue weighted by atomic mass is 16.6. The Bertz CT molecular complexity index is 1040. The maximum Gasteiger partial charge on any atom is 0.330 e. The van der Waals surface area contributed by atoms with Crippen LogP contribution in [0.25, 0.3) is 11.1 Å². The first-order valence-electron chi connectivity index (χ1n) is 8.40. The lowest BCUT2D eigenvalue weighted by molar-refractivity contribution is -0.138. The van der Waals surface area contributed by atoms with Gasteiger partial charge in [0.25, 0.3) is 5.56 Å². The van der Waals surface area contributed by atoms with Crippen molar-refractivity contribution in [2.24, 2.45) is 19.8 Å². The fraction of sp³-hybridized carbons (Fsp3) is 0.389. The van der Waals surface area contributed by atoms with Crippen molar-refractivity contribution in [3.05, 3.63) is 44.2 Å². The van der Waals surface area contributed by atoms with Gasteiger partial charge in [0.15, 0.2) is 11.5 Å². The van der Waals surface area contributed by atoms with Crippen molar-refractivity contribution >= 4 is 5.97 Å². The zero-order valence-corrected chi connectivity index (χ0v) is 15.3.